The summed E-state index contributed by atoms with van der Waals surface area (Å²) < 4.78 is 48.2. The van der Waals surface area contributed by atoms with E-state index < -0.39 is 21.7 Å². The van der Waals surface area contributed by atoms with Crippen LogP contribution in [0.4, 0.5) is 14.5 Å². The first-order valence-electron chi connectivity index (χ1n) is 8.00. The number of nitrogens with zero attached hydrogens (tertiary/aromatic N) is 1. The molecule has 0 radical (unpaired) electrons. The van der Waals surface area contributed by atoms with E-state index in [0.717, 1.165) is 30.0 Å². The number of halogens is 2. The van der Waals surface area contributed by atoms with Crippen molar-refractivity contribution in [2.45, 2.75) is 42.1 Å². The second kappa shape index (κ2) is 7.39. The first-order chi connectivity index (χ1) is 11.9. The molecule has 2 atom stereocenters. The predicted molar refractivity (Wildman–Crippen MR) is 93.9 cm³/mol. The van der Waals surface area contributed by atoms with Crippen LogP contribution in [0.3, 0.4) is 0 Å². The molecule has 2 heterocycles. The van der Waals surface area contributed by atoms with Gasteiger partial charge in [0.1, 0.15) is 0 Å². The summed E-state index contributed by atoms with van der Waals surface area (Å²) in [6, 6.07) is 9.51. The van der Waals surface area contributed by atoms with E-state index in [-0.39, 0.29) is 10.9 Å². The molecule has 1 aliphatic heterocycles. The molecule has 1 aliphatic rings. The molecule has 2 unspecified atom stereocenters. The Labute approximate surface area is 149 Å². The molecule has 1 aromatic carbocycles. The molecule has 0 amide bonds. The van der Waals surface area contributed by atoms with Crippen LogP contribution in [-0.2, 0) is 9.84 Å². The first-order valence-corrected chi connectivity index (χ1v) is 10.4. The highest BCUT2D eigenvalue weighted by molar-refractivity contribution is 7.91. The number of rotatable bonds is 6. The molecule has 0 spiro atoms. The number of aliphatic hydroxyl groups is 1. The lowest BCUT2D eigenvalue weighted by molar-refractivity contribution is 0.162. The van der Waals surface area contributed by atoms with Crippen LogP contribution in [0.5, 0.6) is 0 Å². The Morgan fingerprint density at radius 2 is 1.96 bits per heavy atom. The van der Waals surface area contributed by atoms with Crippen molar-refractivity contribution in [3.8, 4) is 0 Å². The molecule has 136 valence electrons. The summed E-state index contributed by atoms with van der Waals surface area (Å²) in [4.78, 5) is 2.65. The van der Waals surface area contributed by atoms with Gasteiger partial charge in [-0.3, -0.25) is 0 Å². The van der Waals surface area contributed by atoms with Crippen LogP contribution < -0.4 is 4.90 Å². The maximum atomic E-state index is 12.6. The molecular formula is C17H19F2NO3S2. The van der Waals surface area contributed by atoms with E-state index in [1.165, 1.54) is 23.5 Å². The van der Waals surface area contributed by atoms with Crippen molar-refractivity contribution in [1.82, 2.24) is 0 Å². The Hall–Kier alpha value is -1.51. The van der Waals surface area contributed by atoms with Gasteiger partial charge in [-0.2, -0.15) is 8.78 Å². The summed E-state index contributed by atoms with van der Waals surface area (Å²) in [7, 11) is -4.57. The summed E-state index contributed by atoms with van der Waals surface area (Å²) in [5, 5.41) is 12.3. The fraction of sp³-hybridized carbons (Fsp3) is 0.412. The first kappa shape index (κ1) is 18.3. The van der Waals surface area contributed by atoms with Crippen molar-refractivity contribution >= 4 is 26.9 Å². The van der Waals surface area contributed by atoms with Crippen molar-refractivity contribution in [2.24, 2.45) is 0 Å². The largest absolute Gasteiger partial charge is 0.387 e. The highest BCUT2D eigenvalue weighted by atomic mass is 32.2. The van der Waals surface area contributed by atoms with Crippen molar-refractivity contribution in [3.63, 3.8) is 0 Å². The zero-order chi connectivity index (χ0) is 18.0. The van der Waals surface area contributed by atoms with Crippen LogP contribution in [0.1, 0.15) is 30.2 Å². The van der Waals surface area contributed by atoms with Gasteiger partial charge in [0.15, 0.2) is 0 Å². The number of alkyl halides is 2. The average Bonchev–Trinajstić information content (AvgIpc) is 3.26. The van der Waals surface area contributed by atoms with E-state index in [1.54, 1.807) is 12.1 Å². The smallest absolute Gasteiger partial charge is 0.341 e. The summed E-state index contributed by atoms with van der Waals surface area (Å²) in [5.41, 5.74) is 0.786. The number of hydrogen-bond acceptors (Lipinski definition) is 5. The van der Waals surface area contributed by atoms with Crippen LogP contribution in [0, 0.1) is 0 Å². The maximum Gasteiger partial charge on any atom is 0.341 e. The molecule has 1 fully saturated rings. The maximum absolute atomic E-state index is 12.6. The standard InChI is InChI=1S/C17H19F2NO3S2/c18-17(19)25(22,23)14-7-5-12(6-8-14)20-9-1-3-13(20)11-15(21)16-4-2-10-24-16/h2,4-8,10,13,15,17,21H,1,3,9,11H2. The number of anilines is 1. The van der Waals surface area contributed by atoms with Gasteiger partial charge in [0.25, 0.3) is 0 Å². The third kappa shape index (κ3) is 3.86. The molecule has 1 saturated heterocycles. The minimum Gasteiger partial charge on any atom is -0.387 e. The van der Waals surface area contributed by atoms with Crippen molar-refractivity contribution < 1.29 is 22.3 Å². The van der Waals surface area contributed by atoms with Crippen molar-refractivity contribution in [3.05, 3.63) is 46.7 Å². The monoisotopic (exact) mass is 387 g/mol. The lowest BCUT2D eigenvalue weighted by atomic mass is 10.1. The summed E-state index contributed by atoms with van der Waals surface area (Å²) in [5.74, 6) is -3.42. The Morgan fingerprint density at radius 3 is 2.56 bits per heavy atom. The molecule has 25 heavy (non-hydrogen) atoms. The zero-order valence-corrected chi connectivity index (χ0v) is 15.0. The molecular weight excluding hydrogens is 368 g/mol. The highest BCUT2D eigenvalue weighted by Crippen LogP contribution is 2.33. The van der Waals surface area contributed by atoms with Crippen LogP contribution >= 0.6 is 11.3 Å². The van der Waals surface area contributed by atoms with Gasteiger partial charge >= 0.3 is 5.76 Å². The molecule has 0 aliphatic carbocycles. The summed E-state index contributed by atoms with van der Waals surface area (Å²) >= 11 is 1.51. The van der Waals surface area contributed by atoms with Gasteiger partial charge < -0.3 is 10.0 Å². The minimum absolute atomic E-state index is 0.134. The third-order valence-corrected chi connectivity index (χ3v) is 6.85. The molecule has 4 nitrogen and oxygen atoms in total. The van der Waals surface area contributed by atoms with Gasteiger partial charge in [-0.1, -0.05) is 6.07 Å². The normalized spacial score (nSPS) is 19.5. The van der Waals surface area contributed by atoms with E-state index in [4.69, 9.17) is 0 Å². The second-order valence-electron chi connectivity index (χ2n) is 6.06. The molecule has 8 heteroatoms. The highest BCUT2D eigenvalue weighted by Gasteiger charge is 2.29. The van der Waals surface area contributed by atoms with E-state index in [2.05, 4.69) is 4.90 Å². The molecule has 1 aromatic heterocycles. The quantitative estimate of drug-likeness (QED) is 0.818. The van der Waals surface area contributed by atoms with E-state index in [0.29, 0.717) is 6.42 Å². The molecule has 0 bridgehead atoms. The van der Waals surface area contributed by atoms with E-state index in [9.17, 15) is 22.3 Å². The lowest BCUT2D eigenvalue weighted by Gasteiger charge is -2.28. The van der Waals surface area contributed by atoms with Crippen LogP contribution in [0.2, 0.25) is 0 Å². The number of hydrogen-bond donors (Lipinski definition) is 1. The Bertz CT molecular complexity index is 792. The van der Waals surface area contributed by atoms with Gasteiger partial charge in [-0.05, 0) is 55.0 Å². The van der Waals surface area contributed by atoms with Gasteiger partial charge in [0.2, 0.25) is 9.84 Å². The van der Waals surface area contributed by atoms with E-state index >= 15 is 0 Å². The van der Waals surface area contributed by atoms with Crippen molar-refractivity contribution in [2.75, 3.05) is 11.4 Å². The van der Waals surface area contributed by atoms with Gasteiger partial charge in [0.05, 0.1) is 11.0 Å². The number of benzene rings is 1. The van der Waals surface area contributed by atoms with Crippen LogP contribution in [0.25, 0.3) is 0 Å². The molecule has 1 N–H and O–H groups in total. The summed E-state index contributed by atoms with van der Waals surface area (Å²) in [6.45, 7) is 0.794. The third-order valence-electron chi connectivity index (χ3n) is 4.48. The molecule has 0 saturated carbocycles. The zero-order valence-electron chi connectivity index (χ0n) is 13.4. The number of sulfone groups is 1. The Kier molecular flexibility index (Phi) is 5.41. The topological polar surface area (TPSA) is 57.6 Å². The second-order valence-corrected chi connectivity index (χ2v) is 8.95. The van der Waals surface area contributed by atoms with Gasteiger partial charge in [-0.25, -0.2) is 8.42 Å². The van der Waals surface area contributed by atoms with Crippen LogP contribution in [-0.4, -0.2) is 31.9 Å². The van der Waals surface area contributed by atoms with Gasteiger partial charge in [0, 0.05) is 23.2 Å². The van der Waals surface area contributed by atoms with Crippen molar-refractivity contribution in [1.29, 1.82) is 0 Å². The van der Waals surface area contributed by atoms with Crippen LogP contribution in [0.15, 0.2) is 46.7 Å². The molecule has 2 aromatic rings. The Morgan fingerprint density at radius 1 is 1.24 bits per heavy atom. The SMILES string of the molecule is O=S(=O)(c1ccc(N2CCCC2CC(O)c2cccs2)cc1)C(F)F. The Balaban J connectivity index is 1.74. The number of aliphatic hydroxyl groups excluding tert-OH is 1. The van der Waals surface area contributed by atoms with Gasteiger partial charge in [-0.15, -0.1) is 11.3 Å². The molecule has 3 rings (SSSR count). The fourth-order valence-corrected chi connectivity index (χ4v) is 4.65. The fourth-order valence-electron chi connectivity index (χ4n) is 3.21. The lowest BCUT2D eigenvalue weighted by Crippen LogP contribution is -2.30. The predicted octanol–water partition coefficient (Wildman–Crippen LogP) is 3.84. The van der Waals surface area contributed by atoms with E-state index in [1.807, 2.05) is 17.5 Å². The minimum atomic E-state index is -4.57. The average molecular weight is 387 g/mol. The number of thiophene rings is 1. The summed E-state index contributed by atoms with van der Waals surface area (Å²) in [6.07, 6.45) is 1.94.